The number of halogens is 1. The topological polar surface area (TPSA) is 58.7 Å². The Balaban J connectivity index is 2.73. The van der Waals surface area contributed by atoms with Gasteiger partial charge in [0.15, 0.2) is 0 Å². The SMILES string of the molecule is N#CCCCn1cncc(I)c1=O. The van der Waals surface area contributed by atoms with Gasteiger partial charge >= 0.3 is 0 Å². The lowest BCUT2D eigenvalue weighted by Gasteiger charge is -2.01. The molecule has 1 aromatic rings. The molecule has 0 bridgehead atoms. The maximum absolute atomic E-state index is 11.4. The van der Waals surface area contributed by atoms with Crippen molar-refractivity contribution in [2.45, 2.75) is 19.4 Å². The van der Waals surface area contributed by atoms with Gasteiger partial charge in [-0.25, -0.2) is 4.98 Å². The van der Waals surface area contributed by atoms with Crippen molar-refractivity contribution < 1.29 is 0 Å². The van der Waals surface area contributed by atoms with Gasteiger partial charge in [-0.05, 0) is 29.0 Å². The number of nitriles is 1. The quantitative estimate of drug-likeness (QED) is 0.619. The van der Waals surface area contributed by atoms with Crippen LogP contribution < -0.4 is 5.56 Å². The van der Waals surface area contributed by atoms with Crippen LogP contribution in [0.5, 0.6) is 0 Å². The summed E-state index contributed by atoms with van der Waals surface area (Å²) in [6.45, 7) is 0.566. The fraction of sp³-hybridized carbons (Fsp3) is 0.375. The highest BCUT2D eigenvalue weighted by Crippen LogP contribution is 1.95. The molecule has 1 rings (SSSR count). The van der Waals surface area contributed by atoms with E-state index in [4.69, 9.17) is 5.26 Å². The summed E-state index contributed by atoms with van der Waals surface area (Å²) in [5, 5.41) is 8.31. The van der Waals surface area contributed by atoms with Gasteiger partial charge in [0, 0.05) is 19.2 Å². The van der Waals surface area contributed by atoms with Crippen molar-refractivity contribution in [1.82, 2.24) is 9.55 Å². The van der Waals surface area contributed by atoms with E-state index in [0.29, 0.717) is 23.0 Å². The summed E-state index contributed by atoms with van der Waals surface area (Å²) in [5.74, 6) is 0. The zero-order valence-electron chi connectivity index (χ0n) is 6.90. The van der Waals surface area contributed by atoms with Crippen molar-refractivity contribution in [3.8, 4) is 6.07 Å². The molecule has 0 aliphatic rings. The fourth-order valence-electron chi connectivity index (χ4n) is 0.912. The standard InChI is InChI=1S/C8H8IN3O/c9-7-5-11-6-12(8(7)13)4-2-1-3-10/h5-6H,1-2,4H2. The summed E-state index contributed by atoms with van der Waals surface area (Å²) in [5.41, 5.74) is -0.0338. The summed E-state index contributed by atoms with van der Waals surface area (Å²) in [4.78, 5) is 15.3. The third kappa shape index (κ3) is 2.81. The molecule has 0 aromatic carbocycles. The fourth-order valence-corrected chi connectivity index (χ4v) is 1.38. The maximum Gasteiger partial charge on any atom is 0.266 e. The molecule has 0 aliphatic carbocycles. The van der Waals surface area contributed by atoms with Crippen LogP contribution in [0.25, 0.3) is 0 Å². The van der Waals surface area contributed by atoms with Gasteiger partial charge in [0.05, 0.1) is 16.0 Å². The van der Waals surface area contributed by atoms with Crippen LogP contribution in [0.1, 0.15) is 12.8 Å². The molecule has 1 aromatic heterocycles. The van der Waals surface area contributed by atoms with Gasteiger partial charge in [0.1, 0.15) is 0 Å². The number of rotatable bonds is 3. The lowest BCUT2D eigenvalue weighted by atomic mass is 10.3. The zero-order chi connectivity index (χ0) is 9.68. The smallest absolute Gasteiger partial charge is 0.266 e. The number of nitrogens with zero attached hydrogens (tertiary/aromatic N) is 3. The van der Waals surface area contributed by atoms with Crippen LogP contribution in [0.3, 0.4) is 0 Å². The molecule has 5 heteroatoms. The summed E-state index contributed by atoms with van der Waals surface area (Å²) < 4.78 is 2.14. The minimum Gasteiger partial charge on any atom is -0.298 e. The Morgan fingerprint density at radius 1 is 1.69 bits per heavy atom. The van der Waals surface area contributed by atoms with Crippen molar-refractivity contribution in [2.75, 3.05) is 0 Å². The van der Waals surface area contributed by atoms with Crippen LogP contribution in [0, 0.1) is 14.9 Å². The van der Waals surface area contributed by atoms with E-state index in [1.54, 1.807) is 0 Å². The maximum atomic E-state index is 11.4. The van der Waals surface area contributed by atoms with Gasteiger partial charge in [-0.1, -0.05) is 0 Å². The minimum absolute atomic E-state index is 0.0338. The molecule has 0 fully saturated rings. The van der Waals surface area contributed by atoms with Crippen LogP contribution >= 0.6 is 22.6 Å². The molecule has 0 saturated carbocycles. The van der Waals surface area contributed by atoms with E-state index in [9.17, 15) is 4.79 Å². The van der Waals surface area contributed by atoms with E-state index in [0.717, 1.165) is 0 Å². The Labute approximate surface area is 89.4 Å². The highest BCUT2D eigenvalue weighted by molar-refractivity contribution is 14.1. The van der Waals surface area contributed by atoms with E-state index < -0.39 is 0 Å². The number of hydrogen-bond acceptors (Lipinski definition) is 3. The third-order valence-corrected chi connectivity index (χ3v) is 2.29. The minimum atomic E-state index is -0.0338. The number of unbranched alkanes of at least 4 members (excludes halogenated alkanes) is 1. The van der Waals surface area contributed by atoms with Gasteiger partial charge in [-0.3, -0.25) is 9.36 Å². The third-order valence-electron chi connectivity index (χ3n) is 1.55. The van der Waals surface area contributed by atoms with Gasteiger partial charge in [0.25, 0.3) is 5.56 Å². The average molecular weight is 289 g/mol. The predicted octanol–water partition coefficient (Wildman–Crippen LogP) is 1.15. The molecule has 1 heterocycles. The van der Waals surface area contributed by atoms with Crippen molar-refractivity contribution in [3.63, 3.8) is 0 Å². The largest absolute Gasteiger partial charge is 0.298 e. The van der Waals surface area contributed by atoms with Gasteiger partial charge in [-0.2, -0.15) is 5.26 Å². The predicted molar refractivity (Wildman–Crippen MR) is 56.1 cm³/mol. The number of hydrogen-bond donors (Lipinski definition) is 0. The second-order valence-electron chi connectivity index (χ2n) is 2.50. The summed E-state index contributed by atoms with van der Waals surface area (Å²) in [7, 11) is 0. The highest BCUT2D eigenvalue weighted by Gasteiger charge is 1.99. The van der Waals surface area contributed by atoms with E-state index in [1.165, 1.54) is 17.1 Å². The molecular formula is C8H8IN3O. The Kier molecular flexibility index (Phi) is 3.89. The summed E-state index contributed by atoms with van der Waals surface area (Å²) >= 11 is 1.95. The summed E-state index contributed by atoms with van der Waals surface area (Å²) in [6.07, 6.45) is 4.20. The average Bonchev–Trinajstić information content (AvgIpc) is 2.13. The highest BCUT2D eigenvalue weighted by atomic mass is 127. The number of aryl methyl sites for hydroxylation is 1. The van der Waals surface area contributed by atoms with Crippen molar-refractivity contribution in [1.29, 1.82) is 5.26 Å². The second-order valence-corrected chi connectivity index (χ2v) is 3.66. The normalized spacial score (nSPS) is 9.54. The molecule has 0 unspecified atom stereocenters. The monoisotopic (exact) mass is 289 g/mol. The first-order valence-electron chi connectivity index (χ1n) is 3.82. The van der Waals surface area contributed by atoms with Gasteiger partial charge in [0.2, 0.25) is 0 Å². The Hall–Kier alpha value is -0.900. The van der Waals surface area contributed by atoms with Crippen molar-refractivity contribution in [2.24, 2.45) is 0 Å². The van der Waals surface area contributed by atoms with Crippen LogP contribution in [0.15, 0.2) is 17.3 Å². The first kappa shape index (κ1) is 10.2. The first-order chi connectivity index (χ1) is 6.25. The Morgan fingerprint density at radius 3 is 3.15 bits per heavy atom. The first-order valence-corrected chi connectivity index (χ1v) is 4.90. The van der Waals surface area contributed by atoms with Crippen molar-refractivity contribution >= 4 is 22.6 Å². The van der Waals surface area contributed by atoms with E-state index in [-0.39, 0.29) is 5.56 Å². The lowest BCUT2D eigenvalue weighted by molar-refractivity contribution is 0.617. The second kappa shape index (κ2) is 4.97. The van der Waals surface area contributed by atoms with E-state index >= 15 is 0 Å². The van der Waals surface area contributed by atoms with Crippen LogP contribution in [0.2, 0.25) is 0 Å². The molecule has 4 nitrogen and oxygen atoms in total. The number of aromatic nitrogens is 2. The van der Waals surface area contributed by atoms with Crippen LogP contribution in [0.4, 0.5) is 0 Å². The van der Waals surface area contributed by atoms with E-state index in [1.807, 2.05) is 28.7 Å². The van der Waals surface area contributed by atoms with Crippen LogP contribution in [-0.4, -0.2) is 9.55 Å². The molecule has 0 aliphatic heterocycles. The molecule has 0 spiro atoms. The molecule has 0 N–H and O–H groups in total. The molecule has 0 saturated heterocycles. The van der Waals surface area contributed by atoms with Gasteiger partial charge < -0.3 is 0 Å². The van der Waals surface area contributed by atoms with Crippen molar-refractivity contribution in [3.05, 3.63) is 26.4 Å². The Bertz CT molecular complexity index is 380. The lowest BCUT2D eigenvalue weighted by Crippen LogP contribution is -2.22. The molecule has 0 radical (unpaired) electrons. The Morgan fingerprint density at radius 2 is 2.46 bits per heavy atom. The molecule has 0 atom stereocenters. The van der Waals surface area contributed by atoms with Gasteiger partial charge in [-0.15, -0.1) is 0 Å². The molecule has 13 heavy (non-hydrogen) atoms. The zero-order valence-corrected chi connectivity index (χ0v) is 9.06. The molecule has 0 amide bonds. The molecule has 68 valence electrons. The summed E-state index contributed by atoms with van der Waals surface area (Å²) in [6, 6.07) is 2.03. The molecular weight excluding hydrogens is 281 g/mol. The van der Waals surface area contributed by atoms with Crippen LogP contribution in [-0.2, 0) is 6.54 Å². The van der Waals surface area contributed by atoms with E-state index in [2.05, 4.69) is 4.98 Å².